The Balaban J connectivity index is 1.25. The third kappa shape index (κ3) is 7.65. The van der Waals surface area contributed by atoms with Crippen LogP contribution in [0.2, 0.25) is 0 Å². The summed E-state index contributed by atoms with van der Waals surface area (Å²) in [7, 11) is 1.25. The summed E-state index contributed by atoms with van der Waals surface area (Å²) in [5.41, 5.74) is 1.76. The van der Waals surface area contributed by atoms with Gasteiger partial charge in [-0.15, -0.1) is 11.3 Å². The average Bonchev–Trinajstić information content (AvgIpc) is 3.45. The van der Waals surface area contributed by atoms with E-state index >= 15 is 0 Å². The second kappa shape index (κ2) is 13.2. The number of hydrogen-bond donors (Lipinski definition) is 2. The minimum absolute atomic E-state index is 0.0187. The van der Waals surface area contributed by atoms with Crippen molar-refractivity contribution in [3.05, 3.63) is 113 Å². The second-order valence-electron chi connectivity index (χ2n) is 10.1. The van der Waals surface area contributed by atoms with E-state index in [1.54, 1.807) is 11.3 Å². The van der Waals surface area contributed by atoms with Gasteiger partial charge in [0, 0.05) is 23.4 Å². The van der Waals surface area contributed by atoms with Crippen molar-refractivity contribution in [2.24, 2.45) is 0 Å². The molecule has 12 heteroatoms. The van der Waals surface area contributed by atoms with Gasteiger partial charge in [-0.25, -0.2) is 4.98 Å². The molecule has 0 aliphatic heterocycles. The third-order valence-electron chi connectivity index (χ3n) is 6.87. The monoisotopic (exact) mass is 633 g/mol. The van der Waals surface area contributed by atoms with Gasteiger partial charge in [-0.05, 0) is 59.7 Å². The number of thiazole rings is 1. The van der Waals surface area contributed by atoms with Crippen LogP contribution in [0.15, 0.2) is 91.0 Å². The molecular formula is C33H26F3N3O5S. The number of ether oxygens (including phenoxy) is 1. The molecule has 1 aromatic heterocycles. The predicted molar refractivity (Wildman–Crippen MR) is 164 cm³/mol. The molecule has 2 amide bonds. The number of amides is 2. The van der Waals surface area contributed by atoms with Gasteiger partial charge in [0.25, 0.3) is 5.91 Å². The van der Waals surface area contributed by atoms with Crippen LogP contribution in [0, 0.1) is 0 Å². The molecule has 5 rings (SSSR count). The lowest BCUT2D eigenvalue weighted by Crippen LogP contribution is -2.35. The number of anilines is 1. The van der Waals surface area contributed by atoms with Gasteiger partial charge in [0.05, 0.1) is 29.3 Å². The zero-order valence-corrected chi connectivity index (χ0v) is 24.6. The topological polar surface area (TPSA) is 109 Å². The number of rotatable bonds is 10. The van der Waals surface area contributed by atoms with Gasteiger partial charge >= 0.3 is 12.1 Å². The molecule has 4 aromatic carbocycles. The zero-order chi connectivity index (χ0) is 32.1. The van der Waals surface area contributed by atoms with Crippen molar-refractivity contribution in [3.63, 3.8) is 0 Å². The van der Waals surface area contributed by atoms with Crippen molar-refractivity contribution >= 4 is 45.0 Å². The first-order chi connectivity index (χ1) is 21.5. The molecule has 1 heterocycles. The van der Waals surface area contributed by atoms with Crippen LogP contribution in [-0.2, 0) is 28.7 Å². The summed E-state index contributed by atoms with van der Waals surface area (Å²) >= 11 is 1.56. The number of halogens is 3. The smallest absolute Gasteiger partial charge is 0.416 e. The maximum atomic E-state index is 13.5. The molecule has 0 unspecified atom stereocenters. The molecule has 0 radical (unpaired) electrons. The van der Waals surface area contributed by atoms with Gasteiger partial charge in [0.1, 0.15) is 17.3 Å². The van der Waals surface area contributed by atoms with Crippen molar-refractivity contribution in [2.75, 3.05) is 19.0 Å². The highest BCUT2D eigenvalue weighted by Crippen LogP contribution is 2.35. The number of aliphatic carboxylic acids is 1. The maximum Gasteiger partial charge on any atom is 0.416 e. The fraction of sp³-hybridized carbons (Fsp3) is 0.152. The average molecular weight is 634 g/mol. The number of hydrogen-bond acceptors (Lipinski definition) is 6. The van der Waals surface area contributed by atoms with Crippen LogP contribution in [-0.4, -0.2) is 46.4 Å². The molecule has 0 aliphatic carbocycles. The molecule has 0 fully saturated rings. The number of methoxy groups -OCH3 is 1. The number of nitrogens with one attached hydrogen (secondary N) is 1. The lowest BCUT2D eigenvalue weighted by molar-refractivity contribution is -0.139. The lowest BCUT2D eigenvalue weighted by Gasteiger charge is -2.21. The van der Waals surface area contributed by atoms with E-state index in [4.69, 9.17) is 4.74 Å². The SMILES string of the molecule is COc1ccc(CC(=O)Nc2ccc(C(=O)N(CC(=O)O)Cc3ccc(-c4nc5ccccc5s4)cc3)cc2)c(C(F)(F)F)c1. The Kier molecular flexibility index (Phi) is 9.14. The van der Waals surface area contributed by atoms with Crippen molar-refractivity contribution in [3.8, 4) is 16.3 Å². The van der Waals surface area contributed by atoms with E-state index in [9.17, 15) is 32.7 Å². The predicted octanol–water partition coefficient (Wildman–Crippen LogP) is 6.90. The first-order valence-electron chi connectivity index (χ1n) is 13.6. The van der Waals surface area contributed by atoms with E-state index in [0.717, 1.165) is 32.4 Å². The highest BCUT2D eigenvalue weighted by molar-refractivity contribution is 7.21. The van der Waals surface area contributed by atoms with E-state index in [1.165, 1.54) is 48.4 Å². The number of carbonyl (C=O) groups excluding carboxylic acids is 2. The summed E-state index contributed by atoms with van der Waals surface area (Å²) in [5, 5.41) is 12.8. The summed E-state index contributed by atoms with van der Waals surface area (Å²) in [6.45, 7) is -0.506. The number of nitrogens with zero attached hydrogens (tertiary/aromatic N) is 2. The Hall–Kier alpha value is -5.23. The zero-order valence-electron chi connectivity index (χ0n) is 23.8. The number of carboxylic acids is 1. The summed E-state index contributed by atoms with van der Waals surface area (Å²) in [5.74, 6) is -2.40. The van der Waals surface area contributed by atoms with E-state index in [0.29, 0.717) is 0 Å². The molecule has 0 saturated heterocycles. The van der Waals surface area contributed by atoms with Crippen molar-refractivity contribution in [1.29, 1.82) is 0 Å². The number of fused-ring (bicyclic) bond motifs is 1. The molecule has 0 aliphatic rings. The highest BCUT2D eigenvalue weighted by Gasteiger charge is 2.34. The van der Waals surface area contributed by atoms with Crippen LogP contribution in [0.25, 0.3) is 20.8 Å². The highest BCUT2D eigenvalue weighted by atomic mass is 32.1. The van der Waals surface area contributed by atoms with Gasteiger partial charge in [0.15, 0.2) is 0 Å². The molecule has 0 saturated carbocycles. The van der Waals surface area contributed by atoms with Crippen LogP contribution in [0.5, 0.6) is 5.75 Å². The van der Waals surface area contributed by atoms with Gasteiger partial charge in [-0.1, -0.05) is 42.5 Å². The molecule has 45 heavy (non-hydrogen) atoms. The van der Waals surface area contributed by atoms with E-state index in [1.807, 2.05) is 48.5 Å². The fourth-order valence-electron chi connectivity index (χ4n) is 4.69. The van der Waals surface area contributed by atoms with Crippen LogP contribution in [0.1, 0.15) is 27.0 Å². The largest absolute Gasteiger partial charge is 0.497 e. The number of benzene rings is 4. The fourth-order valence-corrected chi connectivity index (χ4v) is 5.66. The van der Waals surface area contributed by atoms with E-state index in [-0.39, 0.29) is 29.1 Å². The van der Waals surface area contributed by atoms with Crippen LogP contribution in [0.4, 0.5) is 18.9 Å². The van der Waals surface area contributed by atoms with Crippen LogP contribution in [0.3, 0.4) is 0 Å². The van der Waals surface area contributed by atoms with Gasteiger partial charge in [0.2, 0.25) is 5.91 Å². The minimum Gasteiger partial charge on any atom is -0.497 e. The molecule has 0 atom stereocenters. The Labute approximate surface area is 259 Å². The summed E-state index contributed by atoms with van der Waals surface area (Å²) in [6, 6.07) is 24.2. The lowest BCUT2D eigenvalue weighted by atomic mass is 10.0. The van der Waals surface area contributed by atoms with Crippen LogP contribution >= 0.6 is 11.3 Å². The molecule has 8 nitrogen and oxygen atoms in total. The van der Waals surface area contributed by atoms with Crippen molar-refractivity contribution in [2.45, 2.75) is 19.1 Å². The maximum absolute atomic E-state index is 13.5. The molecule has 0 bridgehead atoms. The number of carboxylic acid groups (broad SMARTS) is 1. The molecule has 5 aromatic rings. The standard InChI is InChI=1S/C33H26F3N3O5S/c1-44-25-15-12-23(26(17-25)33(34,35)36)16-29(40)37-24-13-10-22(11-14-24)32(43)39(19-30(41)42)18-20-6-8-21(9-7-20)31-38-27-4-2-3-5-28(27)45-31/h2-15,17H,16,18-19H2,1H3,(H,37,40)(H,41,42). The van der Waals surface area contributed by atoms with Crippen LogP contribution < -0.4 is 10.1 Å². The molecule has 0 spiro atoms. The minimum atomic E-state index is -4.67. The Bertz CT molecular complexity index is 1820. The first-order valence-corrected chi connectivity index (χ1v) is 14.4. The Morgan fingerprint density at radius 1 is 0.956 bits per heavy atom. The number of aromatic nitrogens is 1. The van der Waals surface area contributed by atoms with Crippen molar-refractivity contribution in [1.82, 2.24) is 9.88 Å². The quantitative estimate of drug-likeness (QED) is 0.173. The molecule has 2 N–H and O–H groups in total. The Morgan fingerprint density at radius 3 is 2.31 bits per heavy atom. The van der Waals surface area contributed by atoms with Gasteiger partial charge in [-0.3, -0.25) is 14.4 Å². The van der Waals surface area contributed by atoms with Gasteiger partial charge < -0.3 is 20.1 Å². The first kappa shape index (κ1) is 31.2. The number of alkyl halides is 3. The number of carbonyl (C=O) groups is 3. The second-order valence-corrected chi connectivity index (χ2v) is 11.1. The third-order valence-corrected chi connectivity index (χ3v) is 7.96. The molecule has 230 valence electrons. The normalized spacial score (nSPS) is 11.3. The van der Waals surface area contributed by atoms with Crippen molar-refractivity contribution < 1.29 is 37.4 Å². The van der Waals surface area contributed by atoms with E-state index in [2.05, 4.69) is 10.3 Å². The Morgan fingerprint density at radius 2 is 1.67 bits per heavy atom. The summed E-state index contributed by atoms with van der Waals surface area (Å²) in [6.07, 6.45) is -5.21. The van der Waals surface area contributed by atoms with Gasteiger partial charge in [-0.2, -0.15) is 13.2 Å². The van der Waals surface area contributed by atoms with E-state index < -0.39 is 42.5 Å². The summed E-state index contributed by atoms with van der Waals surface area (Å²) < 4.78 is 46.5. The number of para-hydroxylation sites is 1. The summed E-state index contributed by atoms with van der Waals surface area (Å²) in [4.78, 5) is 43.3. The molecular weight excluding hydrogens is 607 g/mol.